The van der Waals surface area contributed by atoms with E-state index in [1.807, 2.05) is 37.4 Å². The molecule has 0 spiro atoms. The van der Waals surface area contributed by atoms with Gasteiger partial charge in [0.05, 0.1) is 16.0 Å². The Morgan fingerprint density at radius 2 is 2.04 bits per heavy atom. The minimum Gasteiger partial charge on any atom is -0.489 e. The second kappa shape index (κ2) is 9.30. The van der Waals surface area contributed by atoms with Crippen LogP contribution in [0.3, 0.4) is 0 Å². The van der Waals surface area contributed by atoms with E-state index < -0.39 is 0 Å². The SMILES string of the molecule is CSc1cc(N)nc(SC(C)c2ncccc2Cl)n1.c1cc2cc(c1)OC2. The van der Waals surface area contributed by atoms with Crippen molar-refractivity contribution in [1.29, 1.82) is 0 Å². The van der Waals surface area contributed by atoms with Crippen molar-refractivity contribution >= 4 is 40.9 Å². The average Bonchev–Trinajstić information content (AvgIpc) is 2.99. The minimum atomic E-state index is 0.0604. The number of aromatic nitrogens is 3. The van der Waals surface area contributed by atoms with Gasteiger partial charge in [-0.2, -0.15) is 0 Å². The molecule has 8 heteroatoms. The van der Waals surface area contributed by atoms with E-state index in [-0.39, 0.29) is 5.25 Å². The number of fused-ring (bicyclic) bond motifs is 2. The molecule has 1 unspecified atom stereocenters. The molecule has 4 rings (SSSR count). The van der Waals surface area contributed by atoms with Gasteiger partial charge in [0.1, 0.15) is 23.2 Å². The van der Waals surface area contributed by atoms with Crippen molar-refractivity contribution in [2.24, 2.45) is 0 Å². The molecule has 0 aliphatic carbocycles. The van der Waals surface area contributed by atoms with Gasteiger partial charge >= 0.3 is 0 Å². The summed E-state index contributed by atoms with van der Waals surface area (Å²) in [4.78, 5) is 12.9. The highest BCUT2D eigenvalue weighted by Crippen LogP contribution is 2.35. The van der Waals surface area contributed by atoms with Gasteiger partial charge in [-0.05, 0) is 43.0 Å². The molecular formula is C19H19ClN4OS2. The summed E-state index contributed by atoms with van der Waals surface area (Å²) in [5.41, 5.74) is 7.86. The summed E-state index contributed by atoms with van der Waals surface area (Å²) in [6.07, 6.45) is 3.68. The first-order valence-corrected chi connectivity index (χ1v) is 10.7. The van der Waals surface area contributed by atoms with E-state index in [4.69, 9.17) is 22.1 Å². The van der Waals surface area contributed by atoms with E-state index in [0.717, 1.165) is 23.1 Å². The zero-order valence-electron chi connectivity index (χ0n) is 14.9. The molecule has 1 aromatic carbocycles. The number of ether oxygens (including phenoxy) is 1. The summed E-state index contributed by atoms with van der Waals surface area (Å²) in [6.45, 7) is 2.78. The molecular weight excluding hydrogens is 400 g/mol. The van der Waals surface area contributed by atoms with Gasteiger partial charge in [-0.15, -0.1) is 11.8 Å². The number of benzene rings is 1. The number of pyridine rings is 1. The van der Waals surface area contributed by atoms with E-state index in [9.17, 15) is 0 Å². The third-order valence-corrected chi connectivity index (χ3v) is 5.59. The lowest BCUT2D eigenvalue weighted by Crippen LogP contribution is -1.99. The number of nitrogen functional groups attached to an aromatic ring is 1. The summed E-state index contributed by atoms with van der Waals surface area (Å²) in [7, 11) is 0. The van der Waals surface area contributed by atoms with Crippen LogP contribution in [0.4, 0.5) is 5.82 Å². The molecule has 5 nitrogen and oxygen atoms in total. The second-order valence-corrected chi connectivity index (χ2v) is 8.23. The van der Waals surface area contributed by atoms with Gasteiger partial charge in [-0.3, -0.25) is 4.98 Å². The van der Waals surface area contributed by atoms with Crippen LogP contribution in [-0.4, -0.2) is 21.2 Å². The molecule has 0 fully saturated rings. The highest BCUT2D eigenvalue weighted by molar-refractivity contribution is 7.99. The van der Waals surface area contributed by atoms with Gasteiger partial charge in [0.25, 0.3) is 0 Å². The van der Waals surface area contributed by atoms with Gasteiger partial charge in [0.2, 0.25) is 0 Å². The van der Waals surface area contributed by atoms with Crippen molar-refractivity contribution in [1.82, 2.24) is 15.0 Å². The lowest BCUT2D eigenvalue weighted by molar-refractivity contribution is 0.328. The van der Waals surface area contributed by atoms with Crippen molar-refractivity contribution in [2.75, 3.05) is 12.0 Å². The molecule has 27 heavy (non-hydrogen) atoms. The van der Waals surface area contributed by atoms with Crippen LogP contribution in [0.1, 0.15) is 23.4 Å². The Kier molecular flexibility index (Phi) is 6.82. The number of thioether (sulfide) groups is 2. The first kappa shape index (κ1) is 19.8. The smallest absolute Gasteiger partial charge is 0.191 e. The molecule has 0 saturated carbocycles. The maximum absolute atomic E-state index is 6.13. The molecule has 2 N–H and O–H groups in total. The van der Waals surface area contributed by atoms with Crippen molar-refractivity contribution in [2.45, 2.75) is 29.0 Å². The topological polar surface area (TPSA) is 73.9 Å². The number of nitrogens with two attached hydrogens (primary N) is 1. The predicted octanol–water partition coefficient (Wildman–Crippen LogP) is 5.26. The molecule has 1 atom stereocenters. The fraction of sp³-hybridized carbons (Fsp3) is 0.211. The van der Waals surface area contributed by atoms with Crippen LogP contribution >= 0.6 is 35.1 Å². The third kappa shape index (κ3) is 5.51. The quantitative estimate of drug-likeness (QED) is 0.351. The molecule has 0 radical (unpaired) electrons. The van der Waals surface area contributed by atoms with Crippen LogP contribution in [0.2, 0.25) is 5.02 Å². The largest absolute Gasteiger partial charge is 0.489 e. The number of halogens is 1. The maximum Gasteiger partial charge on any atom is 0.191 e. The maximum atomic E-state index is 6.13. The van der Waals surface area contributed by atoms with Gasteiger partial charge < -0.3 is 10.5 Å². The van der Waals surface area contributed by atoms with Crippen molar-refractivity contribution in [3.63, 3.8) is 0 Å². The van der Waals surface area contributed by atoms with Crippen LogP contribution in [0, 0.1) is 0 Å². The Hall–Kier alpha value is -1.96. The minimum absolute atomic E-state index is 0.0604. The predicted molar refractivity (Wildman–Crippen MR) is 113 cm³/mol. The Balaban J connectivity index is 0.000000216. The normalized spacial score (nSPS) is 12.7. The van der Waals surface area contributed by atoms with Crippen LogP contribution in [0.5, 0.6) is 5.75 Å². The first-order valence-electron chi connectivity index (χ1n) is 8.22. The van der Waals surface area contributed by atoms with Gasteiger partial charge in [-0.25, -0.2) is 9.97 Å². The van der Waals surface area contributed by atoms with Crippen molar-refractivity contribution in [3.05, 3.63) is 64.9 Å². The Bertz CT molecular complexity index is 906. The fourth-order valence-electron chi connectivity index (χ4n) is 2.38. The highest BCUT2D eigenvalue weighted by atomic mass is 35.5. The third-order valence-electron chi connectivity index (χ3n) is 3.67. The number of nitrogens with zero attached hydrogens (tertiary/aromatic N) is 3. The lowest BCUT2D eigenvalue weighted by Gasteiger charge is -2.11. The van der Waals surface area contributed by atoms with Crippen LogP contribution < -0.4 is 10.5 Å². The number of hydrogen-bond acceptors (Lipinski definition) is 7. The summed E-state index contributed by atoms with van der Waals surface area (Å²) in [5, 5.41) is 2.20. The molecule has 3 heterocycles. The van der Waals surface area contributed by atoms with E-state index in [1.54, 1.807) is 12.3 Å². The Labute approximate surface area is 172 Å². The zero-order chi connectivity index (χ0) is 19.2. The highest BCUT2D eigenvalue weighted by Gasteiger charge is 2.15. The van der Waals surface area contributed by atoms with Gasteiger partial charge in [0.15, 0.2) is 5.16 Å². The fourth-order valence-corrected chi connectivity index (χ4v) is 4.13. The molecule has 2 aromatic heterocycles. The molecule has 0 amide bonds. The molecule has 140 valence electrons. The van der Waals surface area contributed by atoms with Crippen LogP contribution in [0.15, 0.2) is 58.8 Å². The van der Waals surface area contributed by atoms with Crippen molar-refractivity contribution in [3.8, 4) is 5.75 Å². The summed E-state index contributed by atoms with van der Waals surface area (Å²) in [6, 6.07) is 13.5. The molecule has 3 aromatic rings. The van der Waals surface area contributed by atoms with E-state index in [1.165, 1.54) is 29.1 Å². The average molecular weight is 419 g/mol. The summed E-state index contributed by atoms with van der Waals surface area (Å²) >= 11 is 9.16. The first-order chi connectivity index (χ1) is 13.0. The Morgan fingerprint density at radius 1 is 1.19 bits per heavy atom. The number of anilines is 1. The van der Waals surface area contributed by atoms with E-state index in [2.05, 4.69) is 27.1 Å². The van der Waals surface area contributed by atoms with Crippen LogP contribution in [0.25, 0.3) is 0 Å². The Morgan fingerprint density at radius 3 is 2.74 bits per heavy atom. The van der Waals surface area contributed by atoms with E-state index >= 15 is 0 Å². The molecule has 1 aliphatic heterocycles. The van der Waals surface area contributed by atoms with Crippen LogP contribution in [-0.2, 0) is 6.61 Å². The number of rotatable bonds is 4. The lowest BCUT2D eigenvalue weighted by atomic mass is 10.2. The summed E-state index contributed by atoms with van der Waals surface area (Å²) in [5.74, 6) is 1.48. The summed E-state index contributed by atoms with van der Waals surface area (Å²) < 4.78 is 5.18. The van der Waals surface area contributed by atoms with Crippen molar-refractivity contribution < 1.29 is 4.74 Å². The zero-order valence-corrected chi connectivity index (χ0v) is 17.3. The number of hydrogen-bond donors (Lipinski definition) is 1. The monoisotopic (exact) mass is 418 g/mol. The van der Waals surface area contributed by atoms with Gasteiger partial charge in [0, 0.05) is 12.3 Å². The van der Waals surface area contributed by atoms with E-state index in [0.29, 0.717) is 16.0 Å². The molecule has 1 aliphatic rings. The second-order valence-electron chi connectivity index (χ2n) is 5.68. The standard InChI is InChI=1S/C12H13ClN4S2.C7H6O/c1-7(11-8(13)4-3-5-15-11)19-12-16-9(14)6-10(17-12)18-2;1-2-6-4-7(3-1)8-5-6/h3-7H,1-2H3,(H2,14,16,17);1-4H,5H2. The van der Waals surface area contributed by atoms with Gasteiger partial charge in [-0.1, -0.05) is 35.5 Å². The molecule has 2 bridgehead atoms. The molecule has 0 saturated heterocycles.